The number of nitrogen functional groups attached to an aromatic ring is 1. The molecule has 0 aliphatic rings. The van der Waals surface area contributed by atoms with Crippen molar-refractivity contribution in [3.8, 4) is 5.88 Å². The first kappa shape index (κ1) is 14.7. The molecule has 2 rings (SSSR count). The number of rotatable bonds is 7. The Balaban J connectivity index is 2.02. The lowest BCUT2D eigenvalue weighted by molar-refractivity contribution is 0.307. The molecule has 0 bridgehead atoms. The Morgan fingerprint density at radius 1 is 1.30 bits per heavy atom. The molecule has 0 amide bonds. The van der Waals surface area contributed by atoms with Crippen LogP contribution < -0.4 is 15.8 Å². The van der Waals surface area contributed by atoms with Crippen LogP contribution in [0.15, 0.2) is 23.6 Å². The third-order valence-electron chi connectivity index (χ3n) is 2.98. The first-order valence-corrected chi connectivity index (χ1v) is 7.81. The Labute approximate surface area is 124 Å². The molecule has 0 radical (unpaired) electrons. The van der Waals surface area contributed by atoms with Gasteiger partial charge >= 0.3 is 0 Å². The lowest BCUT2D eigenvalue weighted by Crippen LogP contribution is -2.05. The summed E-state index contributed by atoms with van der Waals surface area (Å²) in [7, 11) is 0. The quantitative estimate of drug-likeness (QED) is 0.817. The Hall–Kier alpha value is -1.75. The minimum Gasteiger partial charge on any atom is -0.476 e. The number of ether oxygens (including phenoxy) is 1. The van der Waals surface area contributed by atoms with E-state index in [2.05, 4.69) is 35.6 Å². The molecule has 2 aromatic rings. The largest absolute Gasteiger partial charge is 0.476 e. The number of pyridine rings is 1. The van der Waals surface area contributed by atoms with Crippen LogP contribution in [-0.4, -0.2) is 11.6 Å². The van der Waals surface area contributed by atoms with Gasteiger partial charge in [0.25, 0.3) is 0 Å². The SMILES string of the molecule is CCCOc1nc(NCc2sccc2CC)ccc1N. The molecule has 0 atom stereocenters. The van der Waals surface area contributed by atoms with Gasteiger partial charge < -0.3 is 15.8 Å². The van der Waals surface area contributed by atoms with Crippen molar-refractivity contribution in [3.05, 3.63) is 34.0 Å². The van der Waals surface area contributed by atoms with Crippen molar-refractivity contribution in [3.63, 3.8) is 0 Å². The highest BCUT2D eigenvalue weighted by Gasteiger charge is 2.06. The molecular formula is C15H21N3OS. The topological polar surface area (TPSA) is 60.2 Å². The fraction of sp³-hybridized carbons (Fsp3) is 0.400. The van der Waals surface area contributed by atoms with E-state index in [1.807, 2.05) is 12.1 Å². The van der Waals surface area contributed by atoms with E-state index in [0.717, 1.165) is 25.2 Å². The summed E-state index contributed by atoms with van der Waals surface area (Å²) in [4.78, 5) is 5.76. The molecule has 0 spiro atoms. The highest BCUT2D eigenvalue weighted by Crippen LogP contribution is 2.23. The van der Waals surface area contributed by atoms with Gasteiger partial charge in [-0.1, -0.05) is 13.8 Å². The zero-order valence-electron chi connectivity index (χ0n) is 12.0. The number of nitrogens with zero attached hydrogens (tertiary/aromatic N) is 1. The molecule has 0 saturated heterocycles. The van der Waals surface area contributed by atoms with Crippen LogP contribution >= 0.6 is 11.3 Å². The summed E-state index contributed by atoms with van der Waals surface area (Å²) in [6.45, 7) is 5.64. The van der Waals surface area contributed by atoms with E-state index in [9.17, 15) is 0 Å². The van der Waals surface area contributed by atoms with Crippen LogP contribution in [-0.2, 0) is 13.0 Å². The van der Waals surface area contributed by atoms with E-state index in [1.165, 1.54) is 10.4 Å². The summed E-state index contributed by atoms with van der Waals surface area (Å²) < 4.78 is 5.54. The molecule has 0 aliphatic heterocycles. The molecule has 2 heterocycles. The second-order valence-electron chi connectivity index (χ2n) is 4.52. The lowest BCUT2D eigenvalue weighted by Gasteiger charge is -2.10. The van der Waals surface area contributed by atoms with Gasteiger partial charge in [0.2, 0.25) is 5.88 Å². The summed E-state index contributed by atoms with van der Waals surface area (Å²) in [6.07, 6.45) is 1.99. The van der Waals surface area contributed by atoms with Crippen molar-refractivity contribution in [2.24, 2.45) is 0 Å². The minimum atomic E-state index is 0.513. The number of hydrogen-bond acceptors (Lipinski definition) is 5. The van der Waals surface area contributed by atoms with Gasteiger partial charge in [0.05, 0.1) is 18.8 Å². The van der Waals surface area contributed by atoms with Gasteiger partial charge in [0.15, 0.2) is 0 Å². The Morgan fingerprint density at radius 3 is 2.90 bits per heavy atom. The molecule has 0 fully saturated rings. The molecule has 0 saturated carbocycles. The maximum Gasteiger partial charge on any atom is 0.239 e. The van der Waals surface area contributed by atoms with Crippen LogP contribution in [0.3, 0.4) is 0 Å². The standard InChI is InChI=1S/C15H21N3OS/c1-3-8-19-15-12(16)5-6-14(18-15)17-10-13-11(4-2)7-9-20-13/h5-7,9H,3-4,8,10,16H2,1-2H3,(H,17,18). The Kier molecular flexibility index (Phi) is 5.24. The summed E-state index contributed by atoms with van der Waals surface area (Å²) in [5, 5.41) is 5.46. The summed E-state index contributed by atoms with van der Waals surface area (Å²) >= 11 is 1.77. The number of thiophene rings is 1. The highest BCUT2D eigenvalue weighted by atomic mass is 32.1. The van der Waals surface area contributed by atoms with E-state index in [4.69, 9.17) is 10.5 Å². The third-order valence-corrected chi connectivity index (χ3v) is 3.94. The summed E-state index contributed by atoms with van der Waals surface area (Å²) in [5.74, 6) is 1.31. The first-order chi connectivity index (χ1) is 9.74. The van der Waals surface area contributed by atoms with Crippen molar-refractivity contribution < 1.29 is 4.74 Å². The molecule has 5 heteroatoms. The van der Waals surface area contributed by atoms with Gasteiger partial charge in [0.1, 0.15) is 5.82 Å². The molecule has 0 aliphatic carbocycles. The fourth-order valence-electron chi connectivity index (χ4n) is 1.87. The van der Waals surface area contributed by atoms with Crippen molar-refractivity contribution >= 4 is 22.8 Å². The maximum absolute atomic E-state index is 5.85. The van der Waals surface area contributed by atoms with Crippen LogP contribution in [0.1, 0.15) is 30.7 Å². The van der Waals surface area contributed by atoms with Crippen LogP contribution in [0.25, 0.3) is 0 Å². The van der Waals surface area contributed by atoms with Gasteiger partial charge in [-0.25, -0.2) is 0 Å². The average molecular weight is 291 g/mol. The molecule has 2 aromatic heterocycles. The Bertz CT molecular complexity index is 554. The van der Waals surface area contributed by atoms with Gasteiger partial charge in [-0.3, -0.25) is 0 Å². The van der Waals surface area contributed by atoms with Gasteiger partial charge in [-0.2, -0.15) is 4.98 Å². The second kappa shape index (κ2) is 7.14. The first-order valence-electron chi connectivity index (χ1n) is 6.93. The predicted molar refractivity (Wildman–Crippen MR) is 85.5 cm³/mol. The van der Waals surface area contributed by atoms with E-state index in [-0.39, 0.29) is 0 Å². The number of nitrogens with two attached hydrogens (primary N) is 1. The van der Waals surface area contributed by atoms with E-state index >= 15 is 0 Å². The van der Waals surface area contributed by atoms with Crippen LogP contribution in [0.5, 0.6) is 5.88 Å². The van der Waals surface area contributed by atoms with Crippen molar-refractivity contribution in [2.45, 2.75) is 33.2 Å². The number of anilines is 2. The molecule has 108 valence electrons. The summed E-state index contributed by atoms with van der Waals surface area (Å²) in [5.41, 5.74) is 7.82. The third kappa shape index (κ3) is 3.63. The van der Waals surface area contributed by atoms with Gasteiger partial charge in [-0.05, 0) is 42.0 Å². The number of nitrogens with one attached hydrogen (secondary N) is 1. The van der Waals surface area contributed by atoms with E-state index in [0.29, 0.717) is 18.2 Å². The molecule has 0 aromatic carbocycles. The second-order valence-corrected chi connectivity index (χ2v) is 5.52. The van der Waals surface area contributed by atoms with E-state index < -0.39 is 0 Å². The number of aryl methyl sites for hydroxylation is 1. The number of aromatic nitrogens is 1. The molecule has 3 N–H and O–H groups in total. The van der Waals surface area contributed by atoms with Crippen molar-refractivity contribution in [2.75, 3.05) is 17.7 Å². The zero-order chi connectivity index (χ0) is 14.4. The minimum absolute atomic E-state index is 0.513. The average Bonchev–Trinajstić information content (AvgIpc) is 2.92. The Morgan fingerprint density at radius 2 is 2.15 bits per heavy atom. The summed E-state index contributed by atoms with van der Waals surface area (Å²) in [6, 6.07) is 5.89. The van der Waals surface area contributed by atoms with Gasteiger partial charge in [0, 0.05) is 4.88 Å². The highest BCUT2D eigenvalue weighted by molar-refractivity contribution is 7.10. The van der Waals surface area contributed by atoms with Crippen molar-refractivity contribution in [1.82, 2.24) is 4.98 Å². The molecular weight excluding hydrogens is 270 g/mol. The fourth-order valence-corrected chi connectivity index (χ4v) is 2.79. The van der Waals surface area contributed by atoms with Crippen LogP contribution in [0.4, 0.5) is 11.5 Å². The predicted octanol–water partition coefficient (Wildman–Crippen LogP) is 3.69. The maximum atomic E-state index is 5.85. The van der Waals surface area contributed by atoms with Crippen LogP contribution in [0, 0.1) is 0 Å². The molecule has 4 nitrogen and oxygen atoms in total. The van der Waals surface area contributed by atoms with E-state index in [1.54, 1.807) is 11.3 Å². The van der Waals surface area contributed by atoms with Gasteiger partial charge in [-0.15, -0.1) is 11.3 Å². The zero-order valence-corrected chi connectivity index (χ0v) is 12.8. The monoisotopic (exact) mass is 291 g/mol. The normalized spacial score (nSPS) is 10.5. The number of hydrogen-bond donors (Lipinski definition) is 2. The molecule has 20 heavy (non-hydrogen) atoms. The lowest BCUT2D eigenvalue weighted by atomic mass is 10.2. The van der Waals surface area contributed by atoms with Crippen molar-refractivity contribution in [1.29, 1.82) is 0 Å². The smallest absolute Gasteiger partial charge is 0.239 e. The molecule has 0 unspecified atom stereocenters. The van der Waals surface area contributed by atoms with Crippen LogP contribution in [0.2, 0.25) is 0 Å².